The number of anilines is 1. The topological polar surface area (TPSA) is 24.4 Å². The first-order valence-corrected chi connectivity index (χ1v) is 5.56. The van der Waals surface area contributed by atoms with Crippen LogP contribution in [0.5, 0.6) is 0 Å². The van der Waals surface area contributed by atoms with Gasteiger partial charge in [-0.25, -0.2) is 8.78 Å². The Morgan fingerprint density at radius 1 is 1.47 bits per heavy atom. The summed E-state index contributed by atoms with van der Waals surface area (Å²) in [5.74, 6) is -0.0611. The lowest BCUT2D eigenvalue weighted by Gasteiger charge is -2.05. The zero-order valence-electron chi connectivity index (χ0n) is 8.13. The van der Waals surface area contributed by atoms with Crippen LogP contribution < -0.4 is 5.32 Å². The van der Waals surface area contributed by atoms with Gasteiger partial charge in [-0.1, -0.05) is 11.8 Å². The molecule has 1 atom stereocenters. The average Bonchev–Trinajstić information content (AvgIpc) is 2.58. The lowest BCUT2D eigenvalue weighted by atomic mass is 10.3. The summed E-state index contributed by atoms with van der Waals surface area (Å²) in [6.07, 6.45) is 0. The van der Waals surface area contributed by atoms with Crippen LogP contribution in [0.4, 0.5) is 14.5 Å². The molecular formula is C10H10F2N2S. The van der Waals surface area contributed by atoms with Crippen LogP contribution in [0.3, 0.4) is 0 Å². The zero-order chi connectivity index (χ0) is 10.8. The minimum Gasteiger partial charge on any atom is -0.332 e. The molecule has 1 aromatic rings. The Labute approximate surface area is 90.8 Å². The van der Waals surface area contributed by atoms with Crippen molar-refractivity contribution in [2.24, 2.45) is 4.99 Å². The highest BCUT2D eigenvalue weighted by Gasteiger charge is 2.15. The van der Waals surface area contributed by atoms with Crippen molar-refractivity contribution in [3.63, 3.8) is 0 Å². The van der Waals surface area contributed by atoms with E-state index in [1.54, 1.807) is 0 Å². The van der Waals surface area contributed by atoms with Crippen LogP contribution in [0, 0.1) is 11.6 Å². The molecule has 2 rings (SSSR count). The van der Waals surface area contributed by atoms with Gasteiger partial charge in [0.05, 0.1) is 11.7 Å². The SMILES string of the molecule is CC1CSC(Nc2cc(F)ccc2F)=N1. The highest BCUT2D eigenvalue weighted by atomic mass is 32.2. The number of thioether (sulfide) groups is 1. The van der Waals surface area contributed by atoms with Gasteiger partial charge in [0, 0.05) is 11.8 Å². The van der Waals surface area contributed by atoms with Gasteiger partial charge in [0.25, 0.3) is 0 Å². The predicted octanol–water partition coefficient (Wildman–Crippen LogP) is 2.87. The number of nitrogens with zero attached hydrogens (tertiary/aromatic N) is 1. The summed E-state index contributed by atoms with van der Waals surface area (Å²) >= 11 is 1.51. The molecule has 0 aliphatic carbocycles. The maximum Gasteiger partial charge on any atom is 0.161 e. The number of halogens is 2. The van der Waals surface area contributed by atoms with E-state index in [1.807, 2.05) is 6.92 Å². The van der Waals surface area contributed by atoms with Crippen molar-refractivity contribution in [2.75, 3.05) is 11.1 Å². The van der Waals surface area contributed by atoms with Crippen molar-refractivity contribution in [3.8, 4) is 0 Å². The van der Waals surface area contributed by atoms with Gasteiger partial charge in [-0.3, -0.25) is 4.99 Å². The third kappa shape index (κ3) is 2.47. The van der Waals surface area contributed by atoms with Crippen LogP contribution in [0.1, 0.15) is 6.92 Å². The van der Waals surface area contributed by atoms with E-state index in [2.05, 4.69) is 10.3 Å². The van der Waals surface area contributed by atoms with Gasteiger partial charge in [-0.2, -0.15) is 0 Å². The number of aliphatic imine (C=N–C) groups is 1. The maximum absolute atomic E-state index is 13.2. The molecule has 15 heavy (non-hydrogen) atoms. The quantitative estimate of drug-likeness (QED) is 0.799. The highest BCUT2D eigenvalue weighted by Crippen LogP contribution is 2.22. The number of nitrogens with one attached hydrogen (secondary N) is 1. The van der Waals surface area contributed by atoms with E-state index in [1.165, 1.54) is 11.8 Å². The maximum atomic E-state index is 13.2. The van der Waals surface area contributed by atoms with E-state index < -0.39 is 11.6 Å². The van der Waals surface area contributed by atoms with Gasteiger partial charge in [0.15, 0.2) is 5.17 Å². The first kappa shape index (κ1) is 10.4. The van der Waals surface area contributed by atoms with Crippen molar-refractivity contribution in [1.29, 1.82) is 0 Å². The Kier molecular flexibility index (Phi) is 2.90. The number of hydrogen-bond acceptors (Lipinski definition) is 3. The van der Waals surface area contributed by atoms with E-state index >= 15 is 0 Å². The summed E-state index contributed by atoms with van der Waals surface area (Å²) in [6, 6.07) is 3.55. The first-order valence-electron chi connectivity index (χ1n) is 4.58. The lowest BCUT2D eigenvalue weighted by molar-refractivity contribution is 0.604. The molecule has 0 saturated heterocycles. The van der Waals surface area contributed by atoms with Crippen molar-refractivity contribution >= 4 is 22.6 Å². The lowest BCUT2D eigenvalue weighted by Crippen LogP contribution is -2.07. The summed E-state index contributed by atoms with van der Waals surface area (Å²) < 4.78 is 26.1. The Morgan fingerprint density at radius 2 is 2.27 bits per heavy atom. The molecule has 1 unspecified atom stereocenters. The van der Waals surface area contributed by atoms with E-state index in [0.29, 0.717) is 5.17 Å². The van der Waals surface area contributed by atoms with Crippen LogP contribution in [0.25, 0.3) is 0 Å². The fourth-order valence-electron chi connectivity index (χ4n) is 1.25. The second-order valence-corrected chi connectivity index (χ2v) is 4.35. The van der Waals surface area contributed by atoms with Gasteiger partial charge >= 0.3 is 0 Å². The molecule has 0 fully saturated rings. The van der Waals surface area contributed by atoms with E-state index in [-0.39, 0.29) is 11.7 Å². The summed E-state index contributed by atoms with van der Waals surface area (Å²) in [5, 5.41) is 3.42. The Balaban J connectivity index is 2.17. The minimum absolute atomic E-state index is 0.135. The molecule has 1 aromatic carbocycles. The van der Waals surface area contributed by atoms with Gasteiger partial charge in [0.2, 0.25) is 0 Å². The standard InChI is InChI=1S/C10H10F2N2S/c1-6-5-15-10(13-6)14-9-4-7(11)2-3-8(9)12/h2-4,6H,5H2,1H3,(H,13,14). The molecule has 1 aliphatic rings. The Morgan fingerprint density at radius 3 is 2.93 bits per heavy atom. The monoisotopic (exact) mass is 228 g/mol. The average molecular weight is 228 g/mol. The smallest absolute Gasteiger partial charge is 0.161 e. The molecule has 1 heterocycles. The van der Waals surface area contributed by atoms with Crippen LogP contribution in [0.15, 0.2) is 23.2 Å². The second-order valence-electron chi connectivity index (χ2n) is 3.34. The normalized spacial score (nSPS) is 20.2. The zero-order valence-corrected chi connectivity index (χ0v) is 8.94. The molecule has 0 spiro atoms. The van der Waals surface area contributed by atoms with Gasteiger partial charge in [0.1, 0.15) is 11.6 Å². The first-order chi connectivity index (χ1) is 7.15. The number of hydrogen-bond donors (Lipinski definition) is 1. The van der Waals surface area contributed by atoms with E-state index in [4.69, 9.17) is 0 Å². The molecular weight excluding hydrogens is 218 g/mol. The Hall–Kier alpha value is -1.10. The molecule has 0 bridgehead atoms. The highest BCUT2D eigenvalue weighted by molar-refractivity contribution is 8.14. The van der Waals surface area contributed by atoms with Crippen LogP contribution in [-0.4, -0.2) is 17.0 Å². The Bertz CT molecular complexity index is 406. The van der Waals surface area contributed by atoms with Crippen LogP contribution >= 0.6 is 11.8 Å². The molecule has 1 aliphatic heterocycles. The van der Waals surface area contributed by atoms with Gasteiger partial charge in [-0.15, -0.1) is 0 Å². The van der Waals surface area contributed by atoms with E-state index in [9.17, 15) is 8.78 Å². The number of rotatable bonds is 1. The van der Waals surface area contributed by atoms with Crippen molar-refractivity contribution in [3.05, 3.63) is 29.8 Å². The van der Waals surface area contributed by atoms with Crippen molar-refractivity contribution in [1.82, 2.24) is 0 Å². The summed E-state index contributed by atoms with van der Waals surface area (Å²) in [7, 11) is 0. The summed E-state index contributed by atoms with van der Waals surface area (Å²) in [6.45, 7) is 1.98. The molecule has 1 N–H and O–H groups in total. The third-order valence-electron chi connectivity index (χ3n) is 1.97. The minimum atomic E-state index is -0.473. The molecule has 0 saturated carbocycles. The van der Waals surface area contributed by atoms with Gasteiger partial charge < -0.3 is 5.32 Å². The predicted molar refractivity (Wildman–Crippen MR) is 59.3 cm³/mol. The molecule has 0 radical (unpaired) electrons. The van der Waals surface area contributed by atoms with Crippen molar-refractivity contribution in [2.45, 2.75) is 13.0 Å². The second kappa shape index (κ2) is 4.18. The fourth-order valence-corrected chi connectivity index (χ4v) is 2.16. The van der Waals surface area contributed by atoms with Gasteiger partial charge in [-0.05, 0) is 19.1 Å². The van der Waals surface area contributed by atoms with Crippen molar-refractivity contribution < 1.29 is 8.78 Å². The van der Waals surface area contributed by atoms with E-state index in [0.717, 1.165) is 24.0 Å². The third-order valence-corrected chi connectivity index (χ3v) is 3.10. The number of benzene rings is 1. The largest absolute Gasteiger partial charge is 0.332 e. The summed E-state index contributed by atoms with van der Waals surface area (Å²) in [4.78, 5) is 4.23. The molecule has 0 amide bonds. The number of amidine groups is 1. The van der Waals surface area contributed by atoms with Crippen LogP contribution in [-0.2, 0) is 0 Å². The molecule has 2 nitrogen and oxygen atoms in total. The van der Waals surface area contributed by atoms with Crippen LogP contribution in [0.2, 0.25) is 0 Å². The summed E-state index contributed by atoms with van der Waals surface area (Å²) in [5.41, 5.74) is 0.135. The molecule has 5 heteroatoms. The molecule has 80 valence electrons. The molecule has 0 aromatic heterocycles. The fraction of sp³-hybridized carbons (Fsp3) is 0.300.